The van der Waals surface area contributed by atoms with Crippen molar-refractivity contribution in [3.05, 3.63) is 27.9 Å². The highest BCUT2D eigenvalue weighted by Crippen LogP contribution is 2.23. The van der Waals surface area contributed by atoms with Crippen LogP contribution in [0.4, 0.5) is 11.5 Å². The lowest BCUT2D eigenvalue weighted by Gasteiger charge is -2.23. The van der Waals surface area contributed by atoms with Crippen LogP contribution in [-0.2, 0) is 0 Å². The molecule has 1 aromatic heterocycles. The Morgan fingerprint density at radius 1 is 1.55 bits per heavy atom. The van der Waals surface area contributed by atoms with E-state index in [1.54, 1.807) is 6.92 Å². The number of pyridine rings is 1. The lowest BCUT2D eigenvalue weighted by atomic mass is 10.0. The van der Waals surface area contributed by atoms with E-state index in [1.807, 2.05) is 6.92 Å². The summed E-state index contributed by atoms with van der Waals surface area (Å²) >= 11 is 0. The van der Waals surface area contributed by atoms with Gasteiger partial charge in [0.05, 0.1) is 10.5 Å². The number of hydrogen-bond acceptors (Lipinski definition) is 6. The van der Waals surface area contributed by atoms with Crippen LogP contribution in [0.5, 0.6) is 0 Å². The predicted molar refractivity (Wildman–Crippen MR) is 71.9 cm³/mol. The van der Waals surface area contributed by atoms with Crippen molar-refractivity contribution in [2.24, 2.45) is 0 Å². The minimum Gasteiger partial charge on any atom is -0.477 e. The van der Waals surface area contributed by atoms with Crippen molar-refractivity contribution in [3.8, 4) is 0 Å². The second-order valence-electron chi connectivity index (χ2n) is 4.73. The van der Waals surface area contributed by atoms with Gasteiger partial charge in [-0.3, -0.25) is 10.1 Å². The van der Waals surface area contributed by atoms with Gasteiger partial charge >= 0.3 is 11.7 Å². The predicted octanol–water partition coefficient (Wildman–Crippen LogP) is 1.65. The summed E-state index contributed by atoms with van der Waals surface area (Å²) in [5.74, 6) is -1.44. The molecule has 0 aromatic carbocycles. The van der Waals surface area contributed by atoms with Crippen LogP contribution in [0.1, 0.15) is 37.2 Å². The average Bonchev–Trinajstić information content (AvgIpc) is 2.35. The van der Waals surface area contributed by atoms with Crippen molar-refractivity contribution < 1.29 is 19.9 Å². The number of carboxylic acids is 1. The lowest BCUT2D eigenvalue weighted by Crippen LogP contribution is -2.33. The molecule has 1 unspecified atom stereocenters. The summed E-state index contributed by atoms with van der Waals surface area (Å²) < 4.78 is 0. The van der Waals surface area contributed by atoms with Crippen LogP contribution >= 0.6 is 0 Å². The van der Waals surface area contributed by atoms with E-state index < -0.39 is 16.5 Å². The number of carbonyl (C=O) groups is 1. The molecule has 1 rings (SSSR count). The zero-order valence-corrected chi connectivity index (χ0v) is 11.3. The topological polar surface area (TPSA) is 126 Å². The molecular formula is C12H17N3O5. The summed E-state index contributed by atoms with van der Waals surface area (Å²) in [6, 6.07) is 2.14. The molecule has 0 spiro atoms. The number of aromatic nitrogens is 1. The van der Waals surface area contributed by atoms with E-state index in [0.717, 1.165) is 18.6 Å². The molecule has 1 atom stereocenters. The van der Waals surface area contributed by atoms with Gasteiger partial charge in [0.1, 0.15) is 0 Å². The molecule has 0 fully saturated rings. The van der Waals surface area contributed by atoms with Crippen molar-refractivity contribution in [1.82, 2.24) is 4.98 Å². The van der Waals surface area contributed by atoms with Crippen molar-refractivity contribution in [1.29, 1.82) is 0 Å². The molecule has 8 heteroatoms. The lowest BCUT2D eigenvalue weighted by molar-refractivity contribution is -0.384. The summed E-state index contributed by atoms with van der Waals surface area (Å²) in [6.07, 6.45) is 1.26. The van der Waals surface area contributed by atoms with Gasteiger partial charge in [0.15, 0.2) is 5.69 Å². The number of aromatic carboxylic acids is 1. The molecule has 0 radical (unpaired) electrons. The Bertz CT molecular complexity index is 516. The minimum atomic E-state index is -1.27. The Balaban J connectivity index is 2.99. The fraction of sp³-hybridized carbons (Fsp3) is 0.500. The van der Waals surface area contributed by atoms with Crippen LogP contribution in [0.3, 0.4) is 0 Å². The van der Waals surface area contributed by atoms with Crippen LogP contribution in [0.25, 0.3) is 0 Å². The third kappa shape index (κ3) is 4.16. The molecule has 110 valence electrons. The SMILES string of the molecule is CCCC(C)(O)CNc1nc(C(=O)O)ccc1[N+](=O)[O-]. The number of hydrogen-bond donors (Lipinski definition) is 3. The van der Waals surface area contributed by atoms with Crippen LogP contribution in [-0.4, -0.2) is 38.2 Å². The molecule has 1 heterocycles. The van der Waals surface area contributed by atoms with Crippen LogP contribution in [0.15, 0.2) is 12.1 Å². The molecule has 0 aliphatic rings. The molecule has 0 aliphatic heterocycles. The largest absolute Gasteiger partial charge is 0.477 e. The number of nitrogens with one attached hydrogen (secondary N) is 1. The van der Waals surface area contributed by atoms with Gasteiger partial charge in [-0.15, -0.1) is 0 Å². The number of aliphatic hydroxyl groups is 1. The van der Waals surface area contributed by atoms with Crippen LogP contribution < -0.4 is 5.32 Å². The molecule has 1 aromatic rings. The Morgan fingerprint density at radius 2 is 2.20 bits per heavy atom. The highest BCUT2D eigenvalue weighted by molar-refractivity contribution is 5.86. The van der Waals surface area contributed by atoms with Crippen molar-refractivity contribution in [3.63, 3.8) is 0 Å². The smallest absolute Gasteiger partial charge is 0.354 e. The maximum absolute atomic E-state index is 10.9. The zero-order valence-electron chi connectivity index (χ0n) is 11.3. The molecule has 3 N–H and O–H groups in total. The first kappa shape index (κ1) is 15.8. The standard InChI is InChI=1S/C12H17N3O5/c1-3-6-12(2,18)7-13-10-9(15(19)20)5-4-8(14-10)11(16)17/h4-5,18H,3,6-7H2,1-2H3,(H,13,14)(H,16,17). The first-order valence-electron chi connectivity index (χ1n) is 6.12. The third-order valence-electron chi connectivity index (χ3n) is 2.72. The summed E-state index contributed by atoms with van der Waals surface area (Å²) in [5.41, 5.74) is -1.68. The first-order chi connectivity index (χ1) is 9.26. The Kier molecular flexibility index (Phi) is 4.98. The number of nitrogens with zero attached hydrogens (tertiary/aromatic N) is 2. The molecule has 0 bridgehead atoms. The second-order valence-corrected chi connectivity index (χ2v) is 4.73. The van der Waals surface area contributed by atoms with Crippen molar-refractivity contribution >= 4 is 17.5 Å². The maximum Gasteiger partial charge on any atom is 0.354 e. The fourth-order valence-corrected chi connectivity index (χ4v) is 1.75. The Labute approximate surface area is 115 Å². The van der Waals surface area contributed by atoms with Crippen molar-refractivity contribution in [2.45, 2.75) is 32.3 Å². The zero-order chi connectivity index (χ0) is 15.3. The molecule has 8 nitrogen and oxygen atoms in total. The third-order valence-corrected chi connectivity index (χ3v) is 2.72. The summed E-state index contributed by atoms with van der Waals surface area (Å²) in [7, 11) is 0. The number of carboxylic acid groups (broad SMARTS) is 1. The van der Waals surface area contributed by atoms with Crippen LogP contribution in [0, 0.1) is 10.1 Å². The van der Waals surface area contributed by atoms with Gasteiger partial charge in [-0.1, -0.05) is 13.3 Å². The van der Waals surface area contributed by atoms with Gasteiger partial charge in [0.25, 0.3) is 0 Å². The highest BCUT2D eigenvalue weighted by atomic mass is 16.6. The minimum absolute atomic E-state index is 0.0394. The normalized spacial score (nSPS) is 13.6. The molecular weight excluding hydrogens is 266 g/mol. The molecule has 0 saturated carbocycles. The number of anilines is 1. The molecule has 0 saturated heterocycles. The van der Waals surface area contributed by atoms with E-state index >= 15 is 0 Å². The quantitative estimate of drug-likeness (QED) is 0.513. The van der Waals surface area contributed by atoms with Gasteiger partial charge in [-0.2, -0.15) is 0 Å². The van der Waals surface area contributed by atoms with E-state index in [9.17, 15) is 20.0 Å². The van der Waals surface area contributed by atoms with Gasteiger partial charge in [-0.05, 0) is 19.4 Å². The van der Waals surface area contributed by atoms with E-state index in [0.29, 0.717) is 6.42 Å². The van der Waals surface area contributed by atoms with E-state index in [2.05, 4.69) is 10.3 Å². The van der Waals surface area contributed by atoms with Gasteiger partial charge < -0.3 is 15.5 Å². The van der Waals surface area contributed by atoms with Gasteiger partial charge in [-0.25, -0.2) is 9.78 Å². The summed E-state index contributed by atoms with van der Waals surface area (Å²) in [6.45, 7) is 3.54. The molecule has 0 amide bonds. The molecule has 20 heavy (non-hydrogen) atoms. The Morgan fingerprint density at radius 3 is 2.70 bits per heavy atom. The van der Waals surface area contributed by atoms with Crippen LogP contribution in [0.2, 0.25) is 0 Å². The number of nitro groups is 1. The maximum atomic E-state index is 10.9. The van der Waals surface area contributed by atoms with E-state index in [1.165, 1.54) is 0 Å². The fourth-order valence-electron chi connectivity index (χ4n) is 1.75. The molecule has 0 aliphatic carbocycles. The number of rotatable bonds is 7. The monoisotopic (exact) mass is 283 g/mol. The van der Waals surface area contributed by atoms with Gasteiger partial charge in [0.2, 0.25) is 5.82 Å². The van der Waals surface area contributed by atoms with E-state index in [4.69, 9.17) is 5.11 Å². The summed E-state index contributed by atoms with van der Waals surface area (Å²) in [5, 5.41) is 32.4. The van der Waals surface area contributed by atoms with Gasteiger partial charge in [0, 0.05) is 12.6 Å². The highest BCUT2D eigenvalue weighted by Gasteiger charge is 2.23. The Hall–Kier alpha value is -2.22. The average molecular weight is 283 g/mol. The second kappa shape index (κ2) is 6.29. The summed E-state index contributed by atoms with van der Waals surface area (Å²) in [4.78, 5) is 24.7. The van der Waals surface area contributed by atoms with Crippen molar-refractivity contribution in [2.75, 3.05) is 11.9 Å². The first-order valence-corrected chi connectivity index (χ1v) is 6.12. The van der Waals surface area contributed by atoms with E-state index in [-0.39, 0.29) is 23.7 Å².